The summed E-state index contributed by atoms with van der Waals surface area (Å²) in [6.45, 7) is 2.32. The first-order valence-corrected chi connectivity index (χ1v) is 7.19. The van der Waals surface area contributed by atoms with Gasteiger partial charge in [-0.2, -0.15) is 4.98 Å². The van der Waals surface area contributed by atoms with Crippen LogP contribution in [0.3, 0.4) is 0 Å². The van der Waals surface area contributed by atoms with Crippen LogP contribution >= 0.6 is 11.8 Å². The van der Waals surface area contributed by atoms with E-state index in [9.17, 15) is 4.79 Å². The molecular formula is C13H16N4O2S. The minimum Gasteiger partial charge on any atom is -0.345 e. The monoisotopic (exact) mass is 292 g/mol. The van der Waals surface area contributed by atoms with Gasteiger partial charge in [0.25, 0.3) is 0 Å². The van der Waals surface area contributed by atoms with Crippen molar-refractivity contribution in [3.8, 4) is 0 Å². The molecule has 0 aromatic carbocycles. The van der Waals surface area contributed by atoms with Crippen molar-refractivity contribution in [1.82, 2.24) is 20.0 Å². The molecule has 2 aromatic heterocycles. The molecule has 106 valence electrons. The number of pyridine rings is 1. The zero-order valence-corrected chi connectivity index (χ0v) is 12.3. The van der Waals surface area contributed by atoms with Crippen molar-refractivity contribution in [3.63, 3.8) is 0 Å². The van der Waals surface area contributed by atoms with E-state index >= 15 is 0 Å². The number of carbonyl (C=O) groups excluding carboxylic acids is 1. The first-order valence-electron chi connectivity index (χ1n) is 6.21. The smallest absolute Gasteiger partial charge is 0.232 e. The van der Waals surface area contributed by atoms with E-state index in [4.69, 9.17) is 4.52 Å². The molecule has 0 N–H and O–H groups in total. The van der Waals surface area contributed by atoms with Gasteiger partial charge in [0, 0.05) is 44.2 Å². The van der Waals surface area contributed by atoms with E-state index in [-0.39, 0.29) is 5.91 Å². The number of likely N-dealkylation sites (N-methyl/N-ethyl adjacent to an activating group) is 1. The fourth-order valence-electron chi connectivity index (χ4n) is 1.52. The third-order valence-electron chi connectivity index (χ3n) is 2.68. The molecule has 0 bridgehead atoms. The second-order valence-electron chi connectivity index (χ2n) is 4.27. The Hall–Kier alpha value is -1.89. The number of hydrogen-bond donors (Lipinski definition) is 0. The number of thioether (sulfide) groups is 1. The van der Waals surface area contributed by atoms with E-state index in [0.717, 1.165) is 4.90 Å². The second kappa shape index (κ2) is 7.04. The highest BCUT2D eigenvalue weighted by Gasteiger charge is 2.11. The molecule has 1 amide bonds. The summed E-state index contributed by atoms with van der Waals surface area (Å²) >= 11 is 1.50. The Balaban J connectivity index is 1.74. The second-order valence-corrected chi connectivity index (χ2v) is 5.32. The number of nitrogens with zero attached hydrogens (tertiary/aromatic N) is 4. The van der Waals surface area contributed by atoms with Crippen molar-refractivity contribution in [2.45, 2.75) is 18.2 Å². The van der Waals surface area contributed by atoms with Gasteiger partial charge in [-0.3, -0.25) is 9.78 Å². The third kappa shape index (κ3) is 4.34. The number of aryl methyl sites for hydroxylation is 1. The molecule has 20 heavy (non-hydrogen) atoms. The molecule has 2 rings (SSSR count). The van der Waals surface area contributed by atoms with E-state index < -0.39 is 0 Å². The number of hydrogen-bond acceptors (Lipinski definition) is 6. The molecular weight excluding hydrogens is 276 g/mol. The van der Waals surface area contributed by atoms with Crippen molar-refractivity contribution in [3.05, 3.63) is 36.2 Å². The normalized spacial score (nSPS) is 10.5. The standard InChI is InChI=1S/C13H16N4O2S/c1-10-15-12(16-19-10)5-8-17(2)13(18)9-20-11-3-6-14-7-4-11/h3-4,6-7H,5,8-9H2,1-2H3. The molecule has 0 aliphatic carbocycles. The first-order chi connectivity index (χ1) is 9.65. The molecule has 0 saturated heterocycles. The van der Waals surface area contributed by atoms with Gasteiger partial charge in [0.15, 0.2) is 5.82 Å². The largest absolute Gasteiger partial charge is 0.345 e. The van der Waals surface area contributed by atoms with Gasteiger partial charge in [-0.15, -0.1) is 11.8 Å². The van der Waals surface area contributed by atoms with Crippen LogP contribution in [0.4, 0.5) is 0 Å². The summed E-state index contributed by atoms with van der Waals surface area (Å²) in [7, 11) is 1.78. The average Bonchev–Trinajstić information content (AvgIpc) is 2.89. The van der Waals surface area contributed by atoms with E-state index in [2.05, 4.69) is 15.1 Å². The van der Waals surface area contributed by atoms with Crippen LogP contribution in [0.5, 0.6) is 0 Å². The molecule has 0 fully saturated rings. The zero-order chi connectivity index (χ0) is 14.4. The molecule has 2 heterocycles. The number of aromatic nitrogens is 3. The van der Waals surface area contributed by atoms with Gasteiger partial charge in [0.1, 0.15) is 0 Å². The predicted molar refractivity (Wildman–Crippen MR) is 75.3 cm³/mol. The molecule has 0 saturated carbocycles. The first kappa shape index (κ1) is 14.5. The number of amides is 1. The highest BCUT2D eigenvalue weighted by molar-refractivity contribution is 8.00. The zero-order valence-electron chi connectivity index (χ0n) is 11.4. The molecule has 2 aromatic rings. The van der Waals surface area contributed by atoms with E-state index in [1.165, 1.54) is 11.8 Å². The van der Waals surface area contributed by atoms with Gasteiger partial charge in [-0.25, -0.2) is 0 Å². The Morgan fingerprint density at radius 2 is 2.15 bits per heavy atom. The molecule has 7 heteroatoms. The van der Waals surface area contributed by atoms with Crippen LogP contribution in [-0.2, 0) is 11.2 Å². The summed E-state index contributed by atoms with van der Waals surface area (Å²) in [6, 6.07) is 3.78. The highest BCUT2D eigenvalue weighted by Crippen LogP contribution is 2.16. The quantitative estimate of drug-likeness (QED) is 0.752. The summed E-state index contributed by atoms with van der Waals surface area (Å²) in [6.07, 6.45) is 4.03. The Bertz CT molecular complexity index is 559. The van der Waals surface area contributed by atoms with Crippen molar-refractivity contribution < 1.29 is 9.32 Å². The van der Waals surface area contributed by atoms with Crippen LogP contribution in [-0.4, -0.2) is 45.3 Å². The molecule has 6 nitrogen and oxygen atoms in total. The van der Waals surface area contributed by atoms with Gasteiger partial charge in [-0.1, -0.05) is 5.16 Å². The fourth-order valence-corrected chi connectivity index (χ4v) is 2.35. The lowest BCUT2D eigenvalue weighted by atomic mass is 10.4. The van der Waals surface area contributed by atoms with Crippen molar-refractivity contribution in [2.75, 3.05) is 19.3 Å². The summed E-state index contributed by atoms with van der Waals surface area (Å²) in [5.74, 6) is 1.66. The minimum atomic E-state index is 0.0760. The topological polar surface area (TPSA) is 72.1 Å². The van der Waals surface area contributed by atoms with Gasteiger partial charge in [-0.05, 0) is 12.1 Å². The average molecular weight is 292 g/mol. The van der Waals surface area contributed by atoms with E-state index in [1.807, 2.05) is 12.1 Å². The minimum absolute atomic E-state index is 0.0760. The van der Waals surface area contributed by atoms with Crippen LogP contribution in [0.15, 0.2) is 33.9 Å². The lowest BCUT2D eigenvalue weighted by Gasteiger charge is -2.15. The number of carbonyl (C=O) groups is 1. The molecule has 0 radical (unpaired) electrons. The maximum absolute atomic E-state index is 12.0. The van der Waals surface area contributed by atoms with Crippen molar-refractivity contribution >= 4 is 17.7 Å². The number of rotatable bonds is 6. The maximum Gasteiger partial charge on any atom is 0.232 e. The molecule has 0 aliphatic rings. The van der Waals surface area contributed by atoms with Crippen LogP contribution in [0.2, 0.25) is 0 Å². The van der Waals surface area contributed by atoms with Crippen LogP contribution < -0.4 is 0 Å². The Morgan fingerprint density at radius 3 is 2.80 bits per heavy atom. The maximum atomic E-state index is 12.0. The van der Waals surface area contributed by atoms with Gasteiger partial charge in [0.2, 0.25) is 11.8 Å². The SMILES string of the molecule is Cc1nc(CCN(C)C(=O)CSc2ccncc2)no1. The van der Waals surface area contributed by atoms with Crippen molar-refractivity contribution in [1.29, 1.82) is 0 Å². The lowest BCUT2D eigenvalue weighted by Crippen LogP contribution is -2.30. The van der Waals surface area contributed by atoms with Gasteiger partial charge < -0.3 is 9.42 Å². The Kier molecular flexibility index (Phi) is 5.11. The molecule has 0 aliphatic heterocycles. The fraction of sp³-hybridized carbons (Fsp3) is 0.385. The lowest BCUT2D eigenvalue weighted by molar-refractivity contribution is -0.127. The van der Waals surface area contributed by atoms with Crippen molar-refractivity contribution in [2.24, 2.45) is 0 Å². The van der Waals surface area contributed by atoms with Gasteiger partial charge >= 0.3 is 0 Å². The summed E-state index contributed by atoms with van der Waals surface area (Å²) in [5, 5.41) is 3.80. The van der Waals surface area contributed by atoms with E-state index in [0.29, 0.717) is 30.4 Å². The Morgan fingerprint density at radius 1 is 1.40 bits per heavy atom. The third-order valence-corrected chi connectivity index (χ3v) is 3.68. The van der Waals surface area contributed by atoms with E-state index in [1.54, 1.807) is 31.3 Å². The van der Waals surface area contributed by atoms with Crippen LogP contribution in [0.1, 0.15) is 11.7 Å². The molecule has 0 spiro atoms. The predicted octanol–water partition coefficient (Wildman–Crippen LogP) is 1.57. The summed E-state index contributed by atoms with van der Waals surface area (Å²) in [4.78, 5) is 22.7. The molecule has 0 unspecified atom stereocenters. The summed E-state index contributed by atoms with van der Waals surface area (Å²) in [5.41, 5.74) is 0. The van der Waals surface area contributed by atoms with Gasteiger partial charge in [0.05, 0.1) is 5.75 Å². The Labute approximate surface area is 121 Å². The van der Waals surface area contributed by atoms with Crippen LogP contribution in [0.25, 0.3) is 0 Å². The van der Waals surface area contributed by atoms with Crippen LogP contribution in [0, 0.1) is 6.92 Å². The summed E-state index contributed by atoms with van der Waals surface area (Å²) < 4.78 is 4.89. The molecule has 0 atom stereocenters. The highest BCUT2D eigenvalue weighted by atomic mass is 32.2.